The first-order chi connectivity index (χ1) is 24.3. The molecule has 3 aromatic carbocycles. The van der Waals surface area contributed by atoms with Crippen molar-refractivity contribution in [2.75, 3.05) is 43.1 Å². The molecule has 0 saturated heterocycles. The van der Waals surface area contributed by atoms with Crippen LogP contribution in [0.4, 0.5) is 11.4 Å². The SMILES string of the molecule is CCCCOCCOc1ccc(-c2ccc3c(c2)C=C(CC(=O)Nc2ccc(S(=O)Cc4cncn4CCC)cc2)CCN3CC(C)C)cc1. The lowest BCUT2D eigenvalue weighted by Gasteiger charge is -2.27. The molecule has 1 amide bonds. The molecule has 50 heavy (non-hydrogen) atoms. The van der Waals surface area contributed by atoms with Gasteiger partial charge in [-0.15, -0.1) is 0 Å². The van der Waals surface area contributed by atoms with Gasteiger partial charge < -0.3 is 24.3 Å². The molecule has 0 fully saturated rings. The summed E-state index contributed by atoms with van der Waals surface area (Å²) in [4.78, 5) is 20.7. The molecule has 5 rings (SSSR count). The Bertz CT molecular complexity index is 1730. The van der Waals surface area contributed by atoms with E-state index in [1.54, 1.807) is 12.5 Å². The lowest BCUT2D eigenvalue weighted by atomic mass is 9.99. The molecule has 0 spiro atoms. The molecule has 0 saturated carbocycles. The molecule has 2 heterocycles. The second kappa shape index (κ2) is 18.7. The van der Waals surface area contributed by atoms with Gasteiger partial charge in [-0.05, 0) is 90.4 Å². The minimum absolute atomic E-state index is 0.0602. The monoisotopic (exact) mass is 696 g/mol. The Labute approximate surface area is 300 Å². The van der Waals surface area contributed by atoms with Gasteiger partial charge in [0, 0.05) is 55.1 Å². The number of nitrogens with zero attached hydrogens (tertiary/aromatic N) is 3. The summed E-state index contributed by atoms with van der Waals surface area (Å²) < 4.78 is 26.6. The van der Waals surface area contributed by atoms with Gasteiger partial charge >= 0.3 is 0 Å². The molecular formula is C41H52N4O4S. The summed E-state index contributed by atoms with van der Waals surface area (Å²) in [6.45, 7) is 13.3. The summed E-state index contributed by atoms with van der Waals surface area (Å²) in [6, 6.07) is 22.2. The van der Waals surface area contributed by atoms with Gasteiger partial charge in [-0.3, -0.25) is 9.00 Å². The number of aryl methyl sites for hydroxylation is 1. The Morgan fingerprint density at radius 2 is 1.74 bits per heavy atom. The van der Waals surface area contributed by atoms with E-state index >= 15 is 0 Å². The third-order valence-electron chi connectivity index (χ3n) is 8.67. The van der Waals surface area contributed by atoms with Crippen molar-refractivity contribution in [3.8, 4) is 16.9 Å². The van der Waals surface area contributed by atoms with E-state index in [-0.39, 0.29) is 5.91 Å². The van der Waals surface area contributed by atoms with Crippen molar-refractivity contribution >= 4 is 34.2 Å². The zero-order chi connectivity index (χ0) is 35.3. The lowest BCUT2D eigenvalue weighted by Crippen LogP contribution is -2.28. The number of imidazole rings is 1. The number of hydrogen-bond donors (Lipinski definition) is 1. The van der Waals surface area contributed by atoms with Gasteiger partial charge in [0.1, 0.15) is 12.4 Å². The number of carbonyl (C=O) groups is 1. The maximum Gasteiger partial charge on any atom is 0.228 e. The van der Waals surface area contributed by atoms with Crippen molar-refractivity contribution in [1.82, 2.24) is 9.55 Å². The Kier molecular flexibility index (Phi) is 13.9. The summed E-state index contributed by atoms with van der Waals surface area (Å²) in [5.41, 5.74) is 7.31. The molecule has 1 aliphatic heterocycles. The highest BCUT2D eigenvalue weighted by Gasteiger charge is 2.19. The van der Waals surface area contributed by atoms with E-state index in [0.29, 0.717) is 37.0 Å². The fraction of sp³-hybridized carbons (Fsp3) is 0.415. The van der Waals surface area contributed by atoms with Crippen LogP contribution in [-0.4, -0.2) is 52.6 Å². The summed E-state index contributed by atoms with van der Waals surface area (Å²) in [7, 11) is -1.20. The van der Waals surface area contributed by atoms with Gasteiger partial charge in [-0.25, -0.2) is 4.98 Å². The van der Waals surface area contributed by atoms with Gasteiger partial charge in [0.05, 0.1) is 35.2 Å². The Balaban J connectivity index is 1.23. The number of unbranched alkanes of at least 4 members (excludes halogenated alkanes) is 1. The molecular weight excluding hydrogens is 645 g/mol. The fourth-order valence-electron chi connectivity index (χ4n) is 6.14. The normalized spacial score (nSPS) is 13.5. The van der Waals surface area contributed by atoms with Crippen molar-refractivity contribution in [3.05, 3.63) is 96.1 Å². The third kappa shape index (κ3) is 10.6. The number of nitrogens with one attached hydrogen (secondary N) is 1. The van der Waals surface area contributed by atoms with E-state index in [0.717, 1.165) is 90.5 Å². The van der Waals surface area contributed by atoms with E-state index in [1.165, 1.54) is 5.69 Å². The maximum atomic E-state index is 13.3. The van der Waals surface area contributed by atoms with Crippen molar-refractivity contribution in [2.45, 2.75) is 77.0 Å². The van der Waals surface area contributed by atoms with Crippen LogP contribution in [0.1, 0.15) is 71.1 Å². The summed E-state index contributed by atoms with van der Waals surface area (Å²) in [5, 5.41) is 3.06. The number of fused-ring (bicyclic) bond motifs is 1. The molecule has 9 heteroatoms. The Hall–Kier alpha value is -4.21. The maximum absolute atomic E-state index is 13.3. The van der Waals surface area contributed by atoms with Crippen LogP contribution in [-0.2, 0) is 32.6 Å². The van der Waals surface area contributed by atoms with Crippen LogP contribution in [0.25, 0.3) is 17.2 Å². The second-order valence-electron chi connectivity index (χ2n) is 13.3. The average molecular weight is 697 g/mol. The molecule has 0 radical (unpaired) electrons. The summed E-state index contributed by atoms with van der Waals surface area (Å²) >= 11 is 0. The lowest BCUT2D eigenvalue weighted by molar-refractivity contribution is -0.115. The Morgan fingerprint density at radius 1 is 0.960 bits per heavy atom. The van der Waals surface area contributed by atoms with Gasteiger partial charge in [0.25, 0.3) is 0 Å². The molecule has 1 aromatic heterocycles. The van der Waals surface area contributed by atoms with Crippen LogP contribution in [0.5, 0.6) is 5.75 Å². The minimum Gasteiger partial charge on any atom is -0.491 e. The molecule has 0 aliphatic carbocycles. The average Bonchev–Trinajstić information content (AvgIpc) is 3.47. The smallest absolute Gasteiger partial charge is 0.228 e. The fourth-order valence-corrected chi connectivity index (χ4v) is 7.25. The highest BCUT2D eigenvalue weighted by atomic mass is 32.2. The van der Waals surface area contributed by atoms with Crippen LogP contribution in [0.15, 0.2) is 89.7 Å². The number of benzene rings is 3. The number of ether oxygens (including phenoxy) is 2. The molecule has 1 unspecified atom stereocenters. The molecule has 1 atom stereocenters. The predicted octanol–water partition coefficient (Wildman–Crippen LogP) is 8.74. The first-order valence-corrected chi connectivity index (χ1v) is 19.3. The van der Waals surface area contributed by atoms with Crippen molar-refractivity contribution in [1.29, 1.82) is 0 Å². The standard InChI is InChI=1S/C41H52N4O4S/c1-5-7-21-48-22-23-49-38-13-8-33(9-14-38)34-10-17-40-35(26-34)24-32(18-20-44(40)28-31(3)4)25-41(46)43-36-11-15-39(16-12-36)50(47)29-37-27-42-30-45(37)19-6-2/h8-17,24,26-27,30-31H,5-7,18-23,25,28-29H2,1-4H3,(H,43,46). The molecule has 1 N–H and O–H groups in total. The van der Waals surface area contributed by atoms with Crippen LogP contribution in [0.3, 0.4) is 0 Å². The van der Waals surface area contributed by atoms with Crippen molar-refractivity contribution in [3.63, 3.8) is 0 Å². The van der Waals surface area contributed by atoms with Crippen molar-refractivity contribution in [2.24, 2.45) is 5.92 Å². The van der Waals surface area contributed by atoms with Crippen LogP contribution in [0.2, 0.25) is 0 Å². The molecule has 8 nitrogen and oxygen atoms in total. The highest BCUT2D eigenvalue weighted by Crippen LogP contribution is 2.34. The number of carbonyl (C=O) groups excluding carboxylic acids is 1. The van der Waals surface area contributed by atoms with Crippen LogP contribution in [0, 0.1) is 5.92 Å². The van der Waals surface area contributed by atoms with E-state index in [2.05, 4.69) is 83.9 Å². The van der Waals surface area contributed by atoms with E-state index < -0.39 is 10.8 Å². The number of rotatable bonds is 18. The zero-order valence-corrected chi connectivity index (χ0v) is 30.8. The van der Waals surface area contributed by atoms with Crippen LogP contribution >= 0.6 is 0 Å². The van der Waals surface area contributed by atoms with Gasteiger partial charge in [-0.1, -0.05) is 64.0 Å². The molecule has 1 aliphatic rings. The van der Waals surface area contributed by atoms with Crippen LogP contribution < -0.4 is 15.0 Å². The molecule has 0 bridgehead atoms. The largest absolute Gasteiger partial charge is 0.491 e. The van der Waals surface area contributed by atoms with Gasteiger partial charge in [0.2, 0.25) is 5.91 Å². The first kappa shape index (κ1) is 37.1. The summed E-state index contributed by atoms with van der Waals surface area (Å²) in [5.74, 6) is 1.69. The predicted molar refractivity (Wildman–Crippen MR) is 205 cm³/mol. The van der Waals surface area contributed by atoms with Gasteiger partial charge in [-0.2, -0.15) is 0 Å². The first-order valence-electron chi connectivity index (χ1n) is 18.0. The molecule has 4 aromatic rings. The van der Waals surface area contributed by atoms with E-state index in [4.69, 9.17) is 9.47 Å². The second-order valence-corrected chi connectivity index (χ2v) is 14.8. The molecule has 266 valence electrons. The third-order valence-corrected chi connectivity index (χ3v) is 10.0. The van der Waals surface area contributed by atoms with E-state index in [1.807, 2.05) is 36.4 Å². The Morgan fingerprint density at radius 3 is 2.48 bits per heavy atom. The zero-order valence-electron chi connectivity index (χ0n) is 30.0. The number of hydrogen-bond acceptors (Lipinski definition) is 6. The minimum atomic E-state index is -1.20. The number of anilines is 2. The number of aromatic nitrogens is 2. The van der Waals surface area contributed by atoms with Crippen molar-refractivity contribution < 1.29 is 18.5 Å². The van der Waals surface area contributed by atoms with Gasteiger partial charge in [0.15, 0.2) is 0 Å². The van der Waals surface area contributed by atoms with E-state index in [9.17, 15) is 9.00 Å². The number of amides is 1. The highest BCUT2D eigenvalue weighted by molar-refractivity contribution is 7.84. The quantitative estimate of drug-likeness (QED) is 0.105. The topological polar surface area (TPSA) is 85.7 Å². The summed E-state index contributed by atoms with van der Waals surface area (Å²) in [6.07, 6.45) is 10.1.